The molecule has 1 saturated carbocycles. The van der Waals surface area contributed by atoms with Gasteiger partial charge in [0.25, 0.3) is 0 Å². The molecule has 3 N–H and O–H groups in total. The number of hydrogen-bond donors (Lipinski definition) is 3. The molecule has 3 unspecified atom stereocenters. The third-order valence-corrected chi connectivity index (χ3v) is 3.55. The minimum absolute atomic E-state index is 0.0284. The molecule has 1 aromatic rings. The van der Waals surface area contributed by atoms with Gasteiger partial charge in [0, 0.05) is 25.0 Å². The SMILES string of the molecule is CC1CC1c1ccc(/C=C/C(=O)NC(CCO)C(=O)O)o1. The van der Waals surface area contributed by atoms with Crippen LogP contribution >= 0.6 is 0 Å². The summed E-state index contributed by atoms with van der Waals surface area (Å²) in [6.45, 7) is 1.85. The Morgan fingerprint density at radius 3 is 2.81 bits per heavy atom. The zero-order chi connectivity index (χ0) is 15.4. The number of hydrogen-bond acceptors (Lipinski definition) is 4. The highest BCUT2D eigenvalue weighted by molar-refractivity contribution is 5.94. The van der Waals surface area contributed by atoms with E-state index < -0.39 is 17.9 Å². The number of nitrogens with one attached hydrogen (secondary N) is 1. The van der Waals surface area contributed by atoms with Crippen LogP contribution in [0.3, 0.4) is 0 Å². The number of carbonyl (C=O) groups excluding carboxylic acids is 1. The number of furan rings is 1. The van der Waals surface area contributed by atoms with Gasteiger partial charge in [-0.05, 0) is 30.5 Å². The number of aliphatic hydroxyl groups excluding tert-OH is 1. The Bertz CT molecular complexity index is 548. The minimum atomic E-state index is -1.17. The van der Waals surface area contributed by atoms with Gasteiger partial charge in [-0.15, -0.1) is 0 Å². The Labute approximate surface area is 122 Å². The molecular formula is C15H19NO5. The van der Waals surface area contributed by atoms with E-state index >= 15 is 0 Å². The Morgan fingerprint density at radius 2 is 2.24 bits per heavy atom. The Kier molecular flexibility index (Phi) is 4.80. The van der Waals surface area contributed by atoms with Crippen LogP contribution in [0.4, 0.5) is 0 Å². The highest BCUT2D eigenvalue weighted by Crippen LogP contribution is 2.47. The lowest BCUT2D eigenvalue weighted by Gasteiger charge is -2.10. The van der Waals surface area contributed by atoms with Crippen LogP contribution < -0.4 is 5.32 Å². The highest BCUT2D eigenvalue weighted by atomic mass is 16.4. The largest absolute Gasteiger partial charge is 0.480 e. The molecule has 1 fully saturated rings. The molecule has 0 bridgehead atoms. The van der Waals surface area contributed by atoms with Crippen molar-refractivity contribution >= 4 is 18.0 Å². The van der Waals surface area contributed by atoms with Crippen molar-refractivity contribution in [3.8, 4) is 0 Å². The Hall–Kier alpha value is -2.08. The van der Waals surface area contributed by atoms with E-state index in [1.165, 1.54) is 12.2 Å². The summed E-state index contributed by atoms with van der Waals surface area (Å²) in [7, 11) is 0. The van der Waals surface area contributed by atoms with Crippen LogP contribution in [-0.4, -0.2) is 34.7 Å². The van der Waals surface area contributed by atoms with Crippen molar-refractivity contribution in [3.63, 3.8) is 0 Å². The summed E-state index contributed by atoms with van der Waals surface area (Å²) in [6.07, 6.45) is 3.83. The van der Waals surface area contributed by atoms with Crippen molar-refractivity contribution < 1.29 is 24.2 Å². The summed E-state index contributed by atoms with van der Waals surface area (Å²) in [5.74, 6) is 0.898. The second-order valence-electron chi connectivity index (χ2n) is 5.30. The maximum atomic E-state index is 11.6. The number of carboxylic acids is 1. The number of aliphatic hydroxyl groups is 1. The third kappa shape index (κ3) is 4.19. The van der Waals surface area contributed by atoms with Crippen molar-refractivity contribution in [1.82, 2.24) is 5.32 Å². The van der Waals surface area contributed by atoms with E-state index in [1.807, 2.05) is 6.07 Å². The van der Waals surface area contributed by atoms with Crippen LogP contribution in [0.1, 0.15) is 37.2 Å². The smallest absolute Gasteiger partial charge is 0.326 e. The van der Waals surface area contributed by atoms with Crippen molar-refractivity contribution in [2.75, 3.05) is 6.61 Å². The molecule has 0 saturated heterocycles. The van der Waals surface area contributed by atoms with Gasteiger partial charge >= 0.3 is 5.97 Å². The molecule has 6 nitrogen and oxygen atoms in total. The lowest BCUT2D eigenvalue weighted by atomic mass is 10.2. The van der Waals surface area contributed by atoms with Gasteiger partial charge in [0.15, 0.2) is 0 Å². The van der Waals surface area contributed by atoms with Gasteiger partial charge in [0.2, 0.25) is 5.91 Å². The zero-order valence-corrected chi connectivity index (χ0v) is 11.8. The molecule has 1 amide bonds. The first-order chi connectivity index (χ1) is 10.0. The average molecular weight is 293 g/mol. The molecule has 1 aliphatic rings. The standard InChI is InChI=1S/C15H19NO5/c1-9-8-11(9)13-4-2-10(21-13)3-5-14(18)16-12(6-7-17)15(19)20/h2-5,9,11-12,17H,6-8H2,1H3,(H,16,18)(H,19,20)/b5-3+. The van der Waals surface area contributed by atoms with Crippen LogP contribution in [-0.2, 0) is 9.59 Å². The monoisotopic (exact) mass is 293 g/mol. The van der Waals surface area contributed by atoms with Crippen LogP contribution in [0.15, 0.2) is 22.6 Å². The number of rotatable bonds is 7. The van der Waals surface area contributed by atoms with Crippen molar-refractivity contribution in [1.29, 1.82) is 0 Å². The first-order valence-corrected chi connectivity index (χ1v) is 6.93. The third-order valence-electron chi connectivity index (χ3n) is 3.55. The molecule has 0 spiro atoms. The van der Waals surface area contributed by atoms with Crippen LogP contribution in [0.2, 0.25) is 0 Å². The van der Waals surface area contributed by atoms with Crippen LogP contribution in [0.25, 0.3) is 6.08 Å². The van der Waals surface area contributed by atoms with Gasteiger partial charge in [0.1, 0.15) is 17.6 Å². The Balaban J connectivity index is 1.89. The number of carbonyl (C=O) groups is 2. The predicted octanol–water partition coefficient (Wildman–Crippen LogP) is 1.37. The van der Waals surface area contributed by atoms with Gasteiger partial charge in [-0.3, -0.25) is 4.79 Å². The lowest BCUT2D eigenvalue weighted by Crippen LogP contribution is -2.40. The van der Waals surface area contributed by atoms with Gasteiger partial charge in [-0.2, -0.15) is 0 Å². The number of amides is 1. The minimum Gasteiger partial charge on any atom is -0.480 e. The molecule has 0 aliphatic heterocycles. The molecule has 114 valence electrons. The summed E-state index contributed by atoms with van der Waals surface area (Å²) in [5, 5.41) is 19.9. The van der Waals surface area contributed by atoms with Gasteiger partial charge < -0.3 is 19.9 Å². The van der Waals surface area contributed by atoms with Crippen molar-refractivity contribution in [3.05, 3.63) is 29.7 Å². The maximum Gasteiger partial charge on any atom is 0.326 e. The summed E-state index contributed by atoms with van der Waals surface area (Å²) < 4.78 is 5.61. The fourth-order valence-electron chi connectivity index (χ4n) is 2.14. The molecule has 2 rings (SSSR count). The summed E-state index contributed by atoms with van der Waals surface area (Å²) in [6, 6.07) is 2.59. The van der Waals surface area contributed by atoms with Crippen LogP contribution in [0, 0.1) is 5.92 Å². The molecule has 0 aromatic carbocycles. The number of carboxylic acid groups (broad SMARTS) is 1. The summed E-state index contributed by atoms with van der Waals surface area (Å²) in [5.41, 5.74) is 0. The van der Waals surface area contributed by atoms with E-state index in [1.54, 1.807) is 6.07 Å². The maximum absolute atomic E-state index is 11.6. The average Bonchev–Trinajstić information content (AvgIpc) is 2.99. The van der Waals surface area contributed by atoms with E-state index in [4.69, 9.17) is 14.6 Å². The predicted molar refractivity (Wildman–Crippen MR) is 75.5 cm³/mol. The second kappa shape index (κ2) is 6.58. The first kappa shape index (κ1) is 15.3. The highest BCUT2D eigenvalue weighted by Gasteiger charge is 2.36. The van der Waals surface area contributed by atoms with Crippen molar-refractivity contribution in [2.45, 2.75) is 31.7 Å². The van der Waals surface area contributed by atoms with Gasteiger partial charge in [-0.25, -0.2) is 4.79 Å². The number of aliphatic carboxylic acids is 1. The van der Waals surface area contributed by atoms with Crippen LogP contribution in [0.5, 0.6) is 0 Å². The molecule has 1 aromatic heterocycles. The topological polar surface area (TPSA) is 99.8 Å². The van der Waals surface area contributed by atoms with E-state index in [-0.39, 0.29) is 13.0 Å². The van der Waals surface area contributed by atoms with E-state index in [9.17, 15) is 9.59 Å². The fourth-order valence-corrected chi connectivity index (χ4v) is 2.14. The molecule has 21 heavy (non-hydrogen) atoms. The molecule has 6 heteroatoms. The molecule has 3 atom stereocenters. The molecule has 1 heterocycles. The van der Waals surface area contributed by atoms with Gasteiger partial charge in [-0.1, -0.05) is 6.92 Å². The molecular weight excluding hydrogens is 274 g/mol. The van der Waals surface area contributed by atoms with Crippen molar-refractivity contribution in [2.24, 2.45) is 5.92 Å². The first-order valence-electron chi connectivity index (χ1n) is 6.93. The fraction of sp³-hybridized carbons (Fsp3) is 0.467. The molecule has 1 aliphatic carbocycles. The summed E-state index contributed by atoms with van der Waals surface area (Å²) >= 11 is 0. The second-order valence-corrected chi connectivity index (χ2v) is 5.30. The molecule has 0 radical (unpaired) electrons. The zero-order valence-electron chi connectivity index (χ0n) is 11.8. The van der Waals surface area contributed by atoms with E-state index in [0.717, 1.165) is 12.2 Å². The van der Waals surface area contributed by atoms with Gasteiger partial charge in [0.05, 0.1) is 0 Å². The Morgan fingerprint density at radius 1 is 1.52 bits per heavy atom. The lowest BCUT2D eigenvalue weighted by molar-refractivity contribution is -0.141. The van der Waals surface area contributed by atoms with E-state index in [2.05, 4.69) is 12.2 Å². The quantitative estimate of drug-likeness (QED) is 0.659. The summed E-state index contributed by atoms with van der Waals surface area (Å²) in [4.78, 5) is 22.5. The normalized spacial score (nSPS) is 22.2. The van der Waals surface area contributed by atoms with E-state index in [0.29, 0.717) is 17.6 Å².